The van der Waals surface area contributed by atoms with E-state index in [0.717, 1.165) is 31.5 Å². The molecular formula is C12H13BrFN3O3. The minimum absolute atomic E-state index is 0.00910. The Bertz CT molecular complexity index is 547. The summed E-state index contributed by atoms with van der Waals surface area (Å²) in [4.78, 5) is 22.2. The van der Waals surface area contributed by atoms with E-state index in [2.05, 4.69) is 26.6 Å². The Hall–Kier alpha value is -1.54. The van der Waals surface area contributed by atoms with Gasteiger partial charge in [-0.1, -0.05) is 0 Å². The average Bonchev–Trinajstić information content (AvgIpc) is 2.41. The Morgan fingerprint density at radius 3 is 2.90 bits per heavy atom. The maximum atomic E-state index is 13.4. The quantitative estimate of drug-likeness (QED) is 0.648. The van der Waals surface area contributed by atoms with Crippen LogP contribution in [0.3, 0.4) is 0 Å². The van der Waals surface area contributed by atoms with E-state index in [-0.39, 0.29) is 16.1 Å². The van der Waals surface area contributed by atoms with E-state index in [1.54, 1.807) is 0 Å². The maximum absolute atomic E-state index is 13.4. The normalized spacial score (nSPS) is 18.6. The molecule has 1 aliphatic rings. The van der Waals surface area contributed by atoms with Crippen LogP contribution in [0, 0.1) is 15.9 Å². The molecule has 0 aliphatic carbocycles. The molecule has 0 bridgehead atoms. The largest absolute Gasteiger partial charge is 0.348 e. The Morgan fingerprint density at radius 1 is 1.55 bits per heavy atom. The molecule has 1 fully saturated rings. The topological polar surface area (TPSA) is 84.3 Å². The standard InChI is InChI=1S/C12H13BrFN3O3/c13-11-9(4-7(14)5-10(11)17(19)20)12(18)16-8-2-1-3-15-6-8/h4-5,8,15H,1-3,6H2,(H,16,18)/t8-/m0/s1. The molecule has 108 valence electrons. The number of carbonyl (C=O) groups excluding carboxylic acids is 1. The smallest absolute Gasteiger partial charge is 0.287 e. The number of nitrogens with one attached hydrogen (secondary N) is 2. The number of carbonyl (C=O) groups is 1. The SMILES string of the molecule is O=C(N[C@H]1CCCNC1)c1cc(F)cc([N+](=O)[O-])c1Br. The number of hydrogen-bond acceptors (Lipinski definition) is 4. The first-order valence-corrected chi connectivity index (χ1v) is 6.93. The zero-order chi connectivity index (χ0) is 14.7. The monoisotopic (exact) mass is 345 g/mol. The number of rotatable bonds is 3. The molecule has 1 atom stereocenters. The zero-order valence-electron chi connectivity index (χ0n) is 10.5. The summed E-state index contributed by atoms with van der Waals surface area (Å²) in [5.74, 6) is -1.33. The van der Waals surface area contributed by atoms with Crippen molar-refractivity contribution >= 4 is 27.5 Å². The fraction of sp³-hybridized carbons (Fsp3) is 0.417. The first-order chi connectivity index (χ1) is 9.49. The first-order valence-electron chi connectivity index (χ1n) is 6.14. The van der Waals surface area contributed by atoms with Crippen LogP contribution >= 0.6 is 15.9 Å². The molecule has 0 unspecified atom stereocenters. The van der Waals surface area contributed by atoms with Crippen LogP contribution in [0.4, 0.5) is 10.1 Å². The van der Waals surface area contributed by atoms with Crippen LogP contribution in [0.25, 0.3) is 0 Å². The summed E-state index contributed by atoms with van der Waals surface area (Å²) in [6.45, 7) is 1.54. The predicted octanol–water partition coefficient (Wildman–Crippen LogP) is 1.98. The van der Waals surface area contributed by atoms with Gasteiger partial charge in [-0.25, -0.2) is 4.39 Å². The van der Waals surface area contributed by atoms with Gasteiger partial charge in [-0.2, -0.15) is 0 Å². The highest BCUT2D eigenvalue weighted by molar-refractivity contribution is 9.10. The van der Waals surface area contributed by atoms with Crippen molar-refractivity contribution in [1.82, 2.24) is 10.6 Å². The molecule has 20 heavy (non-hydrogen) atoms. The summed E-state index contributed by atoms with van der Waals surface area (Å²) < 4.78 is 13.4. The van der Waals surface area contributed by atoms with Crippen LogP contribution in [-0.4, -0.2) is 30.0 Å². The molecule has 0 aromatic heterocycles. The molecule has 1 heterocycles. The van der Waals surface area contributed by atoms with Crippen LogP contribution in [0.5, 0.6) is 0 Å². The van der Waals surface area contributed by atoms with Gasteiger partial charge in [0, 0.05) is 12.6 Å². The Balaban J connectivity index is 2.22. The van der Waals surface area contributed by atoms with Crippen molar-refractivity contribution in [2.24, 2.45) is 0 Å². The molecule has 0 spiro atoms. The lowest BCUT2D eigenvalue weighted by atomic mass is 10.1. The molecular weight excluding hydrogens is 333 g/mol. The fourth-order valence-electron chi connectivity index (χ4n) is 2.11. The zero-order valence-corrected chi connectivity index (χ0v) is 12.1. The second kappa shape index (κ2) is 6.27. The van der Waals surface area contributed by atoms with Crippen LogP contribution in [0.2, 0.25) is 0 Å². The highest BCUT2D eigenvalue weighted by atomic mass is 79.9. The van der Waals surface area contributed by atoms with E-state index in [1.807, 2.05) is 0 Å². The molecule has 1 aromatic carbocycles. The molecule has 2 rings (SSSR count). The van der Waals surface area contributed by atoms with E-state index >= 15 is 0 Å². The number of piperidine rings is 1. The van der Waals surface area contributed by atoms with Gasteiger partial charge in [0.1, 0.15) is 10.3 Å². The number of amides is 1. The molecule has 6 nitrogen and oxygen atoms in total. The first kappa shape index (κ1) is 14.9. The molecule has 1 aliphatic heterocycles. The van der Waals surface area contributed by atoms with Gasteiger partial charge in [-0.05, 0) is 41.4 Å². The molecule has 2 N–H and O–H groups in total. The average molecular weight is 346 g/mol. The fourth-order valence-corrected chi connectivity index (χ4v) is 2.66. The van der Waals surface area contributed by atoms with Crippen molar-refractivity contribution in [2.75, 3.05) is 13.1 Å². The number of nitro benzene ring substituents is 1. The number of hydrogen-bond donors (Lipinski definition) is 2. The van der Waals surface area contributed by atoms with Crippen LogP contribution < -0.4 is 10.6 Å². The highest BCUT2D eigenvalue weighted by Gasteiger charge is 2.24. The summed E-state index contributed by atoms with van der Waals surface area (Å²) in [5.41, 5.74) is -0.529. The minimum Gasteiger partial charge on any atom is -0.348 e. The molecule has 1 amide bonds. The molecule has 8 heteroatoms. The van der Waals surface area contributed by atoms with E-state index < -0.39 is 22.3 Å². The molecule has 1 saturated heterocycles. The van der Waals surface area contributed by atoms with E-state index in [0.29, 0.717) is 6.54 Å². The van der Waals surface area contributed by atoms with Crippen LogP contribution in [0.15, 0.2) is 16.6 Å². The third kappa shape index (κ3) is 3.31. The number of halogens is 2. The van der Waals surface area contributed by atoms with Crippen molar-refractivity contribution in [2.45, 2.75) is 18.9 Å². The van der Waals surface area contributed by atoms with E-state index in [1.165, 1.54) is 0 Å². The van der Waals surface area contributed by atoms with Crippen molar-refractivity contribution in [1.29, 1.82) is 0 Å². The third-order valence-corrected chi connectivity index (χ3v) is 3.93. The lowest BCUT2D eigenvalue weighted by molar-refractivity contribution is -0.385. The van der Waals surface area contributed by atoms with Gasteiger partial charge >= 0.3 is 0 Å². The highest BCUT2D eigenvalue weighted by Crippen LogP contribution is 2.29. The summed E-state index contributed by atoms with van der Waals surface area (Å²) in [6, 6.07) is 1.72. The minimum atomic E-state index is -0.813. The van der Waals surface area contributed by atoms with Crippen molar-refractivity contribution < 1.29 is 14.1 Å². The summed E-state index contributed by atoms with van der Waals surface area (Å²) >= 11 is 3.00. The second-order valence-electron chi connectivity index (χ2n) is 4.56. The molecule has 0 radical (unpaired) electrons. The van der Waals surface area contributed by atoms with Gasteiger partial charge < -0.3 is 10.6 Å². The van der Waals surface area contributed by atoms with Crippen molar-refractivity contribution in [3.63, 3.8) is 0 Å². The number of benzene rings is 1. The Morgan fingerprint density at radius 2 is 2.30 bits per heavy atom. The van der Waals surface area contributed by atoms with Gasteiger partial charge in [0.2, 0.25) is 0 Å². The maximum Gasteiger partial charge on any atom is 0.287 e. The van der Waals surface area contributed by atoms with Gasteiger partial charge in [-0.3, -0.25) is 14.9 Å². The lowest BCUT2D eigenvalue weighted by Crippen LogP contribution is -2.45. The van der Waals surface area contributed by atoms with Gasteiger partial charge in [0.15, 0.2) is 0 Å². The Labute approximate surface area is 123 Å². The number of nitrogens with zero attached hydrogens (tertiary/aromatic N) is 1. The summed E-state index contributed by atoms with van der Waals surface area (Å²) in [6.07, 6.45) is 1.77. The Kier molecular flexibility index (Phi) is 4.66. The third-order valence-electron chi connectivity index (χ3n) is 3.09. The summed E-state index contributed by atoms with van der Waals surface area (Å²) in [7, 11) is 0. The van der Waals surface area contributed by atoms with Crippen LogP contribution in [0.1, 0.15) is 23.2 Å². The predicted molar refractivity (Wildman–Crippen MR) is 74.1 cm³/mol. The van der Waals surface area contributed by atoms with Gasteiger partial charge in [0.25, 0.3) is 11.6 Å². The van der Waals surface area contributed by atoms with Crippen LogP contribution in [-0.2, 0) is 0 Å². The lowest BCUT2D eigenvalue weighted by Gasteiger charge is -2.24. The molecule has 1 aromatic rings. The second-order valence-corrected chi connectivity index (χ2v) is 5.35. The van der Waals surface area contributed by atoms with Crippen molar-refractivity contribution in [3.05, 3.63) is 38.1 Å². The van der Waals surface area contributed by atoms with Gasteiger partial charge in [-0.15, -0.1) is 0 Å². The summed E-state index contributed by atoms with van der Waals surface area (Å²) in [5, 5.41) is 16.7. The molecule has 0 saturated carbocycles. The van der Waals surface area contributed by atoms with Crippen molar-refractivity contribution in [3.8, 4) is 0 Å². The van der Waals surface area contributed by atoms with E-state index in [4.69, 9.17) is 0 Å². The van der Waals surface area contributed by atoms with Gasteiger partial charge in [0.05, 0.1) is 16.6 Å². The van der Waals surface area contributed by atoms with E-state index in [9.17, 15) is 19.3 Å². The number of nitro groups is 1.